The number of carbonyl (C=O) groups is 1. The molecule has 146 valence electrons. The van der Waals surface area contributed by atoms with Crippen LogP contribution in [0.4, 0.5) is 15.8 Å². The summed E-state index contributed by atoms with van der Waals surface area (Å²) in [6.45, 7) is 0.632. The highest BCUT2D eigenvalue weighted by Crippen LogP contribution is 2.19. The van der Waals surface area contributed by atoms with Gasteiger partial charge in [0.2, 0.25) is 5.91 Å². The first-order valence-corrected chi connectivity index (χ1v) is 9.61. The van der Waals surface area contributed by atoms with E-state index in [9.17, 15) is 9.18 Å². The van der Waals surface area contributed by atoms with Crippen molar-refractivity contribution in [2.45, 2.75) is 12.8 Å². The van der Waals surface area contributed by atoms with Gasteiger partial charge in [0.25, 0.3) is 0 Å². The number of anilines is 2. The number of benzene rings is 3. The molecule has 3 aromatic carbocycles. The van der Waals surface area contributed by atoms with Gasteiger partial charge in [-0.15, -0.1) is 0 Å². The Morgan fingerprint density at radius 2 is 1.59 bits per heavy atom. The van der Waals surface area contributed by atoms with E-state index in [2.05, 4.69) is 15.6 Å². The summed E-state index contributed by atoms with van der Waals surface area (Å²) in [5, 5.41) is 7.27. The molecule has 0 spiro atoms. The number of aromatic nitrogens is 1. The van der Waals surface area contributed by atoms with Gasteiger partial charge in [-0.2, -0.15) is 0 Å². The Morgan fingerprint density at radius 1 is 0.862 bits per heavy atom. The van der Waals surface area contributed by atoms with Gasteiger partial charge in [-0.3, -0.25) is 4.79 Å². The van der Waals surface area contributed by atoms with Crippen LogP contribution >= 0.6 is 0 Å². The van der Waals surface area contributed by atoms with Gasteiger partial charge in [0, 0.05) is 35.0 Å². The quantitative estimate of drug-likeness (QED) is 0.411. The fourth-order valence-corrected chi connectivity index (χ4v) is 3.37. The summed E-state index contributed by atoms with van der Waals surface area (Å²) in [7, 11) is 0. The predicted octanol–water partition coefficient (Wildman–Crippen LogP) is 5.14. The molecule has 1 amide bonds. The van der Waals surface area contributed by atoms with Crippen LogP contribution in [0.1, 0.15) is 11.1 Å². The second-order valence-electron chi connectivity index (χ2n) is 6.93. The monoisotopic (exact) mass is 387 g/mol. The molecule has 4 rings (SSSR count). The molecule has 0 saturated heterocycles. The lowest BCUT2D eigenvalue weighted by molar-refractivity contribution is -0.115. The fraction of sp³-hybridized carbons (Fsp3) is 0.125. The molecule has 0 radical (unpaired) electrons. The molecule has 4 nitrogen and oxygen atoms in total. The summed E-state index contributed by atoms with van der Waals surface area (Å²) in [4.78, 5) is 15.6. The first-order valence-electron chi connectivity index (χ1n) is 9.61. The molecule has 29 heavy (non-hydrogen) atoms. The van der Waals surface area contributed by atoms with Gasteiger partial charge in [0.1, 0.15) is 5.82 Å². The van der Waals surface area contributed by atoms with Crippen LogP contribution in [0.3, 0.4) is 0 Å². The highest BCUT2D eigenvalue weighted by Gasteiger charge is 2.09. The molecule has 1 aromatic heterocycles. The molecule has 0 aliphatic heterocycles. The zero-order valence-corrected chi connectivity index (χ0v) is 15.9. The Bertz CT molecular complexity index is 1120. The lowest BCUT2D eigenvalue weighted by Crippen LogP contribution is -2.14. The predicted molar refractivity (Wildman–Crippen MR) is 116 cm³/mol. The zero-order chi connectivity index (χ0) is 20.1. The van der Waals surface area contributed by atoms with Crippen molar-refractivity contribution >= 4 is 28.2 Å². The number of carbonyl (C=O) groups excluding carboxylic acids is 1. The Hall–Kier alpha value is -3.60. The van der Waals surface area contributed by atoms with Gasteiger partial charge in [-0.05, 0) is 53.9 Å². The molecular formula is C24H22FN3O. The summed E-state index contributed by atoms with van der Waals surface area (Å²) >= 11 is 0. The second-order valence-corrected chi connectivity index (χ2v) is 6.93. The number of halogens is 1. The molecule has 0 saturated carbocycles. The number of hydrogen-bond donors (Lipinski definition) is 3. The third-order valence-corrected chi connectivity index (χ3v) is 4.88. The van der Waals surface area contributed by atoms with Crippen LogP contribution in [-0.4, -0.2) is 17.4 Å². The average molecular weight is 387 g/mol. The highest BCUT2D eigenvalue weighted by molar-refractivity contribution is 5.95. The molecule has 4 aromatic rings. The van der Waals surface area contributed by atoms with E-state index in [-0.39, 0.29) is 11.7 Å². The van der Waals surface area contributed by atoms with E-state index >= 15 is 0 Å². The minimum atomic E-state index is -0.178. The molecule has 0 unspecified atom stereocenters. The fourth-order valence-electron chi connectivity index (χ4n) is 3.37. The summed E-state index contributed by atoms with van der Waals surface area (Å²) in [5.41, 5.74) is 4.37. The molecule has 0 aliphatic rings. The number of aromatic amines is 1. The van der Waals surface area contributed by atoms with E-state index in [1.54, 1.807) is 12.1 Å². The van der Waals surface area contributed by atoms with Crippen molar-refractivity contribution < 1.29 is 9.18 Å². The first-order chi connectivity index (χ1) is 14.2. The smallest absolute Gasteiger partial charge is 0.228 e. The van der Waals surface area contributed by atoms with Crippen molar-refractivity contribution in [1.82, 2.24) is 4.98 Å². The van der Waals surface area contributed by atoms with Gasteiger partial charge in [-0.25, -0.2) is 4.39 Å². The maximum Gasteiger partial charge on any atom is 0.228 e. The summed E-state index contributed by atoms with van der Waals surface area (Å²) in [5.74, 6) is -0.238. The Morgan fingerprint density at radius 3 is 2.41 bits per heavy atom. The zero-order valence-electron chi connectivity index (χ0n) is 15.9. The number of fused-ring (bicyclic) bond motifs is 1. The van der Waals surface area contributed by atoms with E-state index in [4.69, 9.17) is 0 Å². The van der Waals surface area contributed by atoms with E-state index in [1.165, 1.54) is 6.07 Å². The number of amides is 1. The van der Waals surface area contributed by atoms with Crippen LogP contribution in [0.25, 0.3) is 10.9 Å². The molecular weight excluding hydrogens is 365 g/mol. The van der Waals surface area contributed by atoms with Gasteiger partial charge >= 0.3 is 0 Å². The van der Waals surface area contributed by atoms with Crippen molar-refractivity contribution in [3.05, 3.63) is 95.9 Å². The SMILES string of the molecule is O=C(Cc1c[nH]c2ccccc12)Nc1ccc(NCCc2ccccc2F)cc1. The number of rotatable bonds is 7. The van der Waals surface area contributed by atoms with Crippen LogP contribution in [0.2, 0.25) is 0 Å². The van der Waals surface area contributed by atoms with Gasteiger partial charge in [0.05, 0.1) is 6.42 Å². The maximum absolute atomic E-state index is 13.6. The van der Waals surface area contributed by atoms with Gasteiger partial charge in [-0.1, -0.05) is 36.4 Å². The third kappa shape index (κ3) is 4.63. The molecule has 5 heteroatoms. The van der Waals surface area contributed by atoms with Crippen molar-refractivity contribution in [3.63, 3.8) is 0 Å². The lowest BCUT2D eigenvalue weighted by atomic mass is 10.1. The number of hydrogen-bond acceptors (Lipinski definition) is 2. The Kier molecular flexibility index (Phi) is 5.56. The minimum Gasteiger partial charge on any atom is -0.385 e. The minimum absolute atomic E-state index is 0.0602. The molecule has 0 fully saturated rings. The summed E-state index contributed by atoms with van der Waals surface area (Å²) in [6.07, 6.45) is 2.80. The van der Waals surface area contributed by atoms with Crippen LogP contribution in [0.5, 0.6) is 0 Å². The standard InChI is InChI=1S/C24H22FN3O/c25-22-7-3-1-5-17(22)13-14-26-19-9-11-20(12-10-19)28-24(29)15-18-16-27-23-8-4-2-6-21(18)23/h1-12,16,26-27H,13-15H2,(H,28,29). The Balaban J connectivity index is 1.30. The topological polar surface area (TPSA) is 56.9 Å². The van der Waals surface area contributed by atoms with Crippen LogP contribution in [0, 0.1) is 5.82 Å². The van der Waals surface area contributed by atoms with Crippen molar-refractivity contribution in [2.24, 2.45) is 0 Å². The normalized spacial score (nSPS) is 10.8. The largest absolute Gasteiger partial charge is 0.385 e. The van der Waals surface area contributed by atoms with Crippen molar-refractivity contribution in [3.8, 4) is 0 Å². The third-order valence-electron chi connectivity index (χ3n) is 4.88. The van der Waals surface area contributed by atoms with Crippen LogP contribution < -0.4 is 10.6 Å². The molecule has 0 aliphatic carbocycles. The summed E-state index contributed by atoms with van der Waals surface area (Å²) in [6, 6.07) is 22.3. The van der Waals surface area contributed by atoms with Gasteiger partial charge in [0.15, 0.2) is 0 Å². The number of H-pyrrole nitrogens is 1. The van der Waals surface area contributed by atoms with E-state index < -0.39 is 0 Å². The van der Waals surface area contributed by atoms with E-state index in [0.29, 0.717) is 24.9 Å². The second kappa shape index (κ2) is 8.61. The molecule has 0 atom stereocenters. The first kappa shape index (κ1) is 18.7. The maximum atomic E-state index is 13.6. The van der Waals surface area contributed by atoms with E-state index in [0.717, 1.165) is 27.8 Å². The van der Waals surface area contributed by atoms with Crippen LogP contribution in [0.15, 0.2) is 79.0 Å². The number of nitrogens with one attached hydrogen (secondary N) is 3. The highest BCUT2D eigenvalue weighted by atomic mass is 19.1. The van der Waals surface area contributed by atoms with Crippen LogP contribution in [-0.2, 0) is 17.6 Å². The van der Waals surface area contributed by atoms with Crippen molar-refractivity contribution in [2.75, 3.05) is 17.2 Å². The Labute approximate surface area is 168 Å². The van der Waals surface area contributed by atoms with Crippen molar-refractivity contribution in [1.29, 1.82) is 0 Å². The lowest BCUT2D eigenvalue weighted by Gasteiger charge is -2.09. The molecule has 1 heterocycles. The molecule has 0 bridgehead atoms. The molecule has 3 N–H and O–H groups in total. The van der Waals surface area contributed by atoms with Gasteiger partial charge < -0.3 is 15.6 Å². The average Bonchev–Trinajstić information content (AvgIpc) is 3.13. The van der Waals surface area contributed by atoms with E-state index in [1.807, 2.05) is 60.8 Å². The summed E-state index contributed by atoms with van der Waals surface area (Å²) < 4.78 is 13.6. The number of para-hydroxylation sites is 1.